The van der Waals surface area contributed by atoms with Crippen molar-refractivity contribution in [1.29, 1.82) is 0 Å². The van der Waals surface area contributed by atoms with Gasteiger partial charge in [-0.1, -0.05) is 30.3 Å². The van der Waals surface area contributed by atoms with Gasteiger partial charge in [0.2, 0.25) is 5.91 Å². The summed E-state index contributed by atoms with van der Waals surface area (Å²) in [6.45, 7) is 2.69. The number of benzene rings is 1. The third kappa shape index (κ3) is 2.89. The lowest BCUT2D eigenvalue weighted by Crippen LogP contribution is -2.31. The highest BCUT2D eigenvalue weighted by atomic mass is 19.1. The Bertz CT molecular complexity index is 668. The molecule has 2 heterocycles. The van der Waals surface area contributed by atoms with Crippen LogP contribution in [0.5, 0.6) is 0 Å². The van der Waals surface area contributed by atoms with Crippen molar-refractivity contribution in [2.45, 2.75) is 38.6 Å². The molecule has 1 atom stereocenters. The smallest absolute Gasteiger partial charge is 0.227 e. The Balaban J connectivity index is 1.75. The van der Waals surface area contributed by atoms with Crippen molar-refractivity contribution >= 4 is 5.91 Å². The Morgan fingerprint density at radius 1 is 1.45 bits per heavy atom. The third-order valence-electron chi connectivity index (χ3n) is 4.14. The van der Waals surface area contributed by atoms with E-state index in [9.17, 15) is 9.18 Å². The molecule has 0 N–H and O–H groups in total. The fourth-order valence-electron chi connectivity index (χ4n) is 2.92. The van der Waals surface area contributed by atoms with Crippen molar-refractivity contribution < 1.29 is 13.7 Å². The maximum Gasteiger partial charge on any atom is 0.227 e. The standard InChI is InChI=1S/C17H19FN2O2/c1-2-13-11-16(22-19-13)15-8-5-9-20(15)17(21)10-12-6-3-4-7-14(12)18/h3-4,6-7,11,15H,2,5,8-10H2,1H3/t15-/m1/s1. The Morgan fingerprint density at radius 2 is 2.27 bits per heavy atom. The summed E-state index contributed by atoms with van der Waals surface area (Å²) in [5.74, 6) is 0.331. The van der Waals surface area contributed by atoms with Crippen LogP contribution in [0.15, 0.2) is 34.9 Å². The van der Waals surface area contributed by atoms with Gasteiger partial charge < -0.3 is 9.42 Å². The van der Waals surface area contributed by atoms with Crippen LogP contribution < -0.4 is 0 Å². The maximum absolute atomic E-state index is 13.7. The predicted molar refractivity (Wildman–Crippen MR) is 79.7 cm³/mol. The number of aryl methyl sites for hydroxylation is 1. The highest BCUT2D eigenvalue weighted by molar-refractivity contribution is 5.79. The van der Waals surface area contributed by atoms with Gasteiger partial charge in [0.15, 0.2) is 5.76 Å². The Morgan fingerprint density at radius 3 is 3.00 bits per heavy atom. The lowest BCUT2D eigenvalue weighted by Gasteiger charge is -2.22. The van der Waals surface area contributed by atoms with Gasteiger partial charge in [-0.25, -0.2) is 4.39 Å². The van der Waals surface area contributed by atoms with Crippen molar-refractivity contribution in [3.63, 3.8) is 0 Å². The van der Waals surface area contributed by atoms with E-state index in [-0.39, 0.29) is 24.2 Å². The van der Waals surface area contributed by atoms with E-state index in [1.807, 2.05) is 13.0 Å². The summed E-state index contributed by atoms with van der Waals surface area (Å²) in [5, 5.41) is 4.00. The zero-order chi connectivity index (χ0) is 15.5. The summed E-state index contributed by atoms with van der Waals surface area (Å²) in [7, 11) is 0. The molecule has 0 saturated carbocycles. The number of carbonyl (C=O) groups excluding carboxylic acids is 1. The first-order chi connectivity index (χ1) is 10.7. The van der Waals surface area contributed by atoms with Crippen LogP contribution in [0.3, 0.4) is 0 Å². The first kappa shape index (κ1) is 14.8. The molecule has 0 bridgehead atoms. The van der Waals surface area contributed by atoms with Crippen LogP contribution in [0.2, 0.25) is 0 Å². The first-order valence-corrected chi connectivity index (χ1v) is 7.67. The molecule has 1 fully saturated rings. The van der Waals surface area contributed by atoms with Crippen LogP contribution in [0.4, 0.5) is 4.39 Å². The minimum Gasteiger partial charge on any atom is -0.359 e. The van der Waals surface area contributed by atoms with Gasteiger partial charge in [0.25, 0.3) is 0 Å². The van der Waals surface area contributed by atoms with Crippen molar-refractivity contribution in [3.05, 3.63) is 53.2 Å². The van der Waals surface area contributed by atoms with Crippen LogP contribution in [-0.4, -0.2) is 22.5 Å². The molecule has 1 amide bonds. The number of halogens is 1. The summed E-state index contributed by atoms with van der Waals surface area (Å²) in [6.07, 6.45) is 2.68. The van der Waals surface area contributed by atoms with Gasteiger partial charge in [-0.2, -0.15) is 0 Å². The average molecular weight is 302 g/mol. The highest BCUT2D eigenvalue weighted by Gasteiger charge is 2.32. The molecule has 0 radical (unpaired) electrons. The van der Waals surface area contributed by atoms with Crippen LogP contribution in [-0.2, 0) is 17.6 Å². The van der Waals surface area contributed by atoms with Crippen molar-refractivity contribution in [2.24, 2.45) is 0 Å². The molecule has 0 spiro atoms. The molecule has 5 heteroatoms. The van der Waals surface area contributed by atoms with Crippen molar-refractivity contribution in [1.82, 2.24) is 10.1 Å². The van der Waals surface area contributed by atoms with Gasteiger partial charge >= 0.3 is 0 Å². The molecule has 0 unspecified atom stereocenters. The van der Waals surface area contributed by atoms with Gasteiger partial charge in [-0.15, -0.1) is 0 Å². The molecule has 1 aliphatic rings. The monoisotopic (exact) mass is 302 g/mol. The summed E-state index contributed by atoms with van der Waals surface area (Å²) in [4.78, 5) is 14.3. The number of carbonyl (C=O) groups is 1. The van der Waals surface area contributed by atoms with E-state index in [1.54, 1.807) is 23.1 Å². The Kier molecular flexibility index (Phi) is 4.22. The van der Waals surface area contributed by atoms with E-state index >= 15 is 0 Å². The number of rotatable bonds is 4. The van der Waals surface area contributed by atoms with Gasteiger partial charge in [-0.3, -0.25) is 4.79 Å². The van der Waals surface area contributed by atoms with E-state index in [1.165, 1.54) is 6.07 Å². The summed E-state index contributed by atoms with van der Waals surface area (Å²) in [6, 6.07) is 8.25. The van der Waals surface area contributed by atoms with Gasteiger partial charge in [0.1, 0.15) is 5.82 Å². The predicted octanol–water partition coefficient (Wildman–Crippen LogP) is 3.28. The number of hydrogen-bond donors (Lipinski definition) is 0. The SMILES string of the molecule is CCc1cc([C@H]2CCCN2C(=O)Cc2ccccc2F)on1. The van der Waals surface area contributed by atoms with Gasteiger partial charge in [-0.05, 0) is 30.9 Å². The topological polar surface area (TPSA) is 46.3 Å². The van der Waals surface area contributed by atoms with Gasteiger partial charge in [0.05, 0.1) is 18.2 Å². The van der Waals surface area contributed by atoms with E-state index in [0.717, 1.165) is 30.7 Å². The fourth-order valence-corrected chi connectivity index (χ4v) is 2.92. The van der Waals surface area contributed by atoms with Crippen LogP contribution in [0.1, 0.15) is 42.8 Å². The van der Waals surface area contributed by atoms with Crippen molar-refractivity contribution in [2.75, 3.05) is 6.54 Å². The Labute approximate surface area is 128 Å². The summed E-state index contributed by atoms with van der Waals surface area (Å²) < 4.78 is 19.1. The lowest BCUT2D eigenvalue weighted by atomic mass is 10.1. The minimum atomic E-state index is -0.334. The maximum atomic E-state index is 13.7. The molecule has 3 rings (SSSR count). The molecule has 1 aromatic carbocycles. The molecule has 1 saturated heterocycles. The van der Waals surface area contributed by atoms with E-state index < -0.39 is 0 Å². The van der Waals surface area contributed by atoms with E-state index in [0.29, 0.717) is 12.1 Å². The molecular formula is C17H19FN2O2. The quantitative estimate of drug-likeness (QED) is 0.870. The summed E-state index contributed by atoms with van der Waals surface area (Å²) in [5.41, 5.74) is 1.33. The highest BCUT2D eigenvalue weighted by Crippen LogP contribution is 2.33. The number of likely N-dealkylation sites (tertiary alicyclic amines) is 1. The van der Waals surface area contributed by atoms with E-state index in [2.05, 4.69) is 5.16 Å². The van der Waals surface area contributed by atoms with E-state index in [4.69, 9.17) is 4.52 Å². The van der Waals surface area contributed by atoms with Crippen molar-refractivity contribution in [3.8, 4) is 0 Å². The zero-order valence-corrected chi connectivity index (χ0v) is 12.6. The molecule has 116 valence electrons. The normalized spacial score (nSPS) is 17.9. The molecule has 1 aliphatic heterocycles. The number of nitrogens with zero attached hydrogens (tertiary/aromatic N) is 2. The lowest BCUT2D eigenvalue weighted by molar-refractivity contribution is -0.131. The molecule has 4 nitrogen and oxygen atoms in total. The Hall–Kier alpha value is -2.17. The second kappa shape index (κ2) is 6.30. The average Bonchev–Trinajstić information content (AvgIpc) is 3.17. The van der Waals surface area contributed by atoms with Crippen LogP contribution >= 0.6 is 0 Å². The first-order valence-electron chi connectivity index (χ1n) is 7.67. The molecular weight excluding hydrogens is 283 g/mol. The minimum absolute atomic E-state index is 0.0675. The molecule has 22 heavy (non-hydrogen) atoms. The number of hydrogen-bond acceptors (Lipinski definition) is 3. The molecule has 1 aromatic heterocycles. The van der Waals surface area contributed by atoms with Gasteiger partial charge in [0, 0.05) is 12.6 Å². The largest absolute Gasteiger partial charge is 0.359 e. The second-order valence-electron chi connectivity index (χ2n) is 5.59. The zero-order valence-electron chi connectivity index (χ0n) is 12.6. The second-order valence-corrected chi connectivity index (χ2v) is 5.59. The molecule has 0 aliphatic carbocycles. The number of amides is 1. The van der Waals surface area contributed by atoms with Crippen LogP contribution in [0, 0.1) is 5.82 Å². The summed E-state index contributed by atoms with van der Waals surface area (Å²) >= 11 is 0. The fraction of sp³-hybridized carbons (Fsp3) is 0.412. The molecule has 2 aromatic rings. The van der Waals surface area contributed by atoms with Crippen LogP contribution in [0.25, 0.3) is 0 Å². The third-order valence-corrected chi connectivity index (χ3v) is 4.14. The number of aromatic nitrogens is 1.